The van der Waals surface area contributed by atoms with Crippen molar-refractivity contribution in [3.63, 3.8) is 0 Å². The van der Waals surface area contributed by atoms with Crippen LogP contribution in [0.2, 0.25) is 0 Å². The molecule has 0 aromatic rings. The number of amides is 1. The van der Waals surface area contributed by atoms with Crippen LogP contribution in [0.1, 0.15) is 47.0 Å². The van der Waals surface area contributed by atoms with Crippen molar-refractivity contribution in [2.45, 2.75) is 64.6 Å². The number of carbonyl (C=O) groups is 2. The second-order valence-corrected chi connectivity index (χ2v) is 6.73. The molecule has 2 saturated heterocycles. The minimum atomic E-state index is -0.742. The van der Waals surface area contributed by atoms with E-state index in [1.165, 1.54) is 0 Å². The molecule has 2 aliphatic rings. The summed E-state index contributed by atoms with van der Waals surface area (Å²) >= 11 is 0. The Morgan fingerprint density at radius 2 is 1.89 bits per heavy atom. The molecule has 0 unspecified atom stereocenters. The molecule has 1 N–H and O–H groups in total. The van der Waals surface area contributed by atoms with Crippen LogP contribution in [-0.2, 0) is 9.53 Å². The van der Waals surface area contributed by atoms with Crippen LogP contribution in [0.15, 0.2) is 0 Å². The highest BCUT2D eigenvalue weighted by atomic mass is 16.6. The maximum absolute atomic E-state index is 12.3. The Labute approximate surface area is 113 Å². The van der Waals surface area contributed by atoms with Gasteiger partial charge in [-0.2, -0.15) is 0 Å². The van der Waals surface area contributed by atoms with Crippen molar-refractivity contribution in [3.05, 3.63) is 0 Å². The number of carboxylic acid groups (broad SMARTS) is 1. The zero-order valence-electron chi connectivity index (χ0n) is 12.0. The number of aliphatic carboxylic acids is 1. The Morgan fingerprint density at radius 1 is 1.26 bits per heavy atom. The monoisotopic (exact) mass is 269 g/mol. The Hall–Kier alpha value is -1.26. The number of nitrogens with zero attached hydrogens (tertiary/aromatic N) is 1. The van der Waals surface area contributed by atoms with Crippen LogP contribution < -0.4 is 0 Å². The average Bonchev–Trinajstić information content (AvgIpc) is 2.58. The number of hydrogen-bond donors (Lipinski definition) is 1. The molecule has 2 aliphatic heterocycles. The fourth-order valence-electron chi connectivity index (χ4n) is 3.36. The largest absolute Gasteiger partial charge is 0.481 e. The van der Waals surface area contributed by atoms with Gasteiger partial charge in [0, 0.05) is 12.1 Å². The van der Waals surface area contributed by atoms with Gasteiger partial charge in [0.25, 0.3) is 0 Å². The molecule has 0 aliphatic carbocycles. The highest BCUT2D eigenvalue weighted by Gasteiger charge is 2.50. The zero-order chi connectivity index (χ0) is 14.4. The number of ether oxygens (including phenoxy) is 1. The van der Waals surface area contributed by atoms with E-state index in [9.17, 15) is 14.7 Å². The Balaban J connectivity index is 2.13. The van der Waals surface area contributed by atoms with Crippen LogP contribution >= 0.6 is 0 Å². The predicted octanol–water partition coefficient (Wildman–Crippen LogP) is 2.50. The zero-order valence-corrected chi connectivity index (χ0v) is 12.0. The maximum Gasteiger partial charge on any atom is 0.410 e. The summed E-state index contributed by atoms with van der Waals surface area (Å²) in [4.78, 5) is 25.3. The summed E-state index contributed by atoms with van der Waals surface area (Å²) in [6.07, 6.45) is 2.02. The van der Waals surface area contributed by atoms with Crippen molar-refractivity contribution in [3.8, 4) is 0 Å². The van der Waals surface area contributed by atoms with Crippen LogP contribution in [0.25, 0.3) is 0 Å². The smallest absolute Gasteiger partial charge is 0.410 e. The lowest BCUT2D eigenvalue weighted by molar-refractivity contribution is -0.147. The van der Waals surface area contributed by atoms with Crippen LogP contribution in [0.3, 0.4) is 0 Å². The standard InChI is InChI=1S/C14H23NO4/c1-8-10(12(16)17)7-9-5-6-11(8)15(9)13(18)19-14(2,3)4/h8-11H,5-7H2,1-4H3,(H,16,17)/t8-,9-,10+,11-/m1/s1. The molecule has 19 heavy (non-hydrogen) atoms. The van der Waals surface area contributed by atoms with Crippen molar-refractivity contribution >= 4 is 12.1 Å². The topological polar surface area (TPSA) is 66.8 Å². The molecule has 0 spiro atoms. The van der Waals surface area contributed by atoms with E-state index in [1.807, 2.05) is 27.7 Å². The second-order valence-electron chi connectivity index (χ2n) is 6.73. The highest BCUT2D eigenvalue weighted by molar-refractivity contribution is 5.73. The van der Waals surface area contributed by atoms with Gasteiger partial charge in [-0.25, -0.2) is 4.79 Å². The van der Waals surface area contributed by atoms with Gasteiger partial charge in [-0.3, -0.25) is 4.79 Å². The van der Waals surface area contributed by atoms with Crippen molar-refractivity contribution in [2.75, 3.05) is 0 Å². The van der Waals surface area contributed by atoms with Gasteiger partial charge in [-0.1, -0.05) is 6.92 Å². The number of carboxylic acids is 1. The van der Waals surface area contributed by atoms with Gasteiger partial charge in [0.1, 0.15) is 5.60 Å². The summed E-state index contributed by atoms with van der Waals surface area (Å²) in [5.74, 6) is -1.09. The highest BCUT2D eigenvalue weighted by Crippen LogP contribution is 2.43. The summed E-state index contributed by atoms with van der Waals surface area (Å²) in [7, 11) is 0. The van der Waals surface area contributed by atoms with Gasteiger partial charge >= 0.3 is 12.1 Å². The number of piperidine rings is 1. The van der Waals surface area contributed by atoms with Crippen LogP contribution in [0.5, 0.6) is 0 Å². The average molecular weight is 269 g/mol. The van der Waals surface area contributed by atoms with Crippen molar-refractivity contribution < 1.29 is 19.4 Å². The van der Waals surface area contributed by atoms with Gasteiger partial charge in [0.2, 0.25) is 0 Å². The summed E-state index contributed by atoms with van der Waals surface area (Å²) in [5, 5.41) is 9.25. The van der Waals surface area contributed by atoms with E-state index in [2.05, 4.69) is 0 Å². The molecule has 5 heteroatoms. The van der Waals surface area contributed by atoms with Gasteiger partial charge in [-0.15, -0.1) is 0 Å². The third-order valence-corrected chi connectivity index (χ3v) is 4.24. The SMILES string of the molecule is C[C@@H]1[C@@H](C(=O)O)C[C@H]2CC[C@H]1N2C(=O)OC(C)(C)C. The van der Waals surface area contributed by atoms with Crippen molar-refractivity contribution in [2.24, 2.45) is 11.8 Å². The fraction of sp³-hybridized carbons (Fsp3) is 0.857. The molecule has 2 bridgehead atoms. The maximum atomic E-state index is 12.3. The molecule has 2 heterocycles. The van der Waals surface area contributed by atoms with E-state index in [0.717, 1.165) is 12.8 Å². The minimum Gasteiger partial charge on any atom is -0.481 e. The van der Waals surface area contributed by atoms with Crippen molar-refractivity contribution in [1.82, 2.24) is 4.90 Å². The van der Waals surface area contributed by atoms with Gasteiger partial charge < -0.3 is 14.7 Å². The Kier molecular flexibility index (Phi) is 3.49. The summed E-state index contributed by atoms with van der Waals surface area (Å²) < 4.78 is 5.44. The van der Waals surface area contributed by atoms with Gasteiger partial charge in [0.15, 0.2) is 0 Å². The van der Waals surface area contributed by atoms with Crippen LogP contribution in [0, 0.1) is 11.8 Å². The van der Waals surface area contributed by atoms with E-state index >= 15 is 0 Å². The third-order valence-electron chi connectivity index (χ3n) is 4.24. The molecule has 0 radical (unpaired) electrons. The molecule has 0 aromatic heterocycles. The molecular formula is C14H23NO4. The lowest BCUT2D eigenvalue weighted by atomic mass is 9.81. The van der Waals surface area contributed by atoms with Gasteiger partial charge in [-0.05, 0) is 46.0 Å². The normalized spacial score (nSPS) is 34.2. The number of hydrogen-bond acceptors (Lipinski definition) is 3. The number of fused-ring (bicyclic) bond motifs is 2. The number of rotatable bonds is 1. The molecule has 0 saturated carbocycles. The molecule has 2 rings (SSSR count). The summed E-state index contributed by atoms with van der Waals surface area (Å²) in [6.45, 7) is 7.48. The summed E-state index contributed by atoms with van der Waals surface area (Å²) in [5.41, 5.74) is -0.511. The quantitative estimate of drug-likeness (QED) is 0.794. The predicted molar refractivity (Wildman–Crippen MR) is 69.8 cm³/mol. The van der Waals surface area contributed by atoms with Crippen LogP contribution in [-0.4, -0.2) is 39.8 Å². The van der Waals surface area contributed by atoms with E-state index in [1.54, 1.807) is 4.90 Å². The summed E-state index contributed by atoms with van der Waals surface area (Å²) in [6, 6.07) is 0.0341. The molecule has 0 aromatic carbocycles. The first kappa shape index (κ1) is 14.2. The lowest BCUT2D eigenvalue weighted by Crippen LogP contribution is -2.53. The van der Waals surface area contributed by atoms with Gasteiger partial charge in [0.05, 0.1) is 5.92 Å². The molecule has 1 amide bonds. The molecule has 108 valence electrons. The Morgan fingerprint density at radius 3 is 2.42 bits per heavy atom. The van der Waals surface area contributed by atoms with E-state index in [4.69, 9.17) is 4.74 Å². The van der Waals surface area contributed by atoms with Crippen molar-refractivity contribution in [1.29, 1.82) is 0 Å². The van der Waals surface area contributed by atoms with E-state index < -0.39 is 11.6 Å². The Bertz CT molecular complexity index is 387. The minimum absolute atomic E-state index is 0.00898. The first-order chi connectivity index (χ1) is 8.70. The molecule has 5 nitrogen and oxygen atoms in total. The first-order valence-electron chi connectivity index (χ1n) is 6.95. The van der Waals surface area contributed by atoms with E-state index in [0.29, 0.717) is 6.42 Å². The third kappa shape index (κ3) is 2.69. The van der Waals surface area contributed by atoms with Crippen LogP contribution in [0.4, 0.5) is 4.79 Å². The molecule has 4 atom stereocenters. The fourth-order valence-corrected chi connectivity index (χ4v) is 3.36. The van der Waals surface area contributed by atoms with E-state index in [-0.39, 0.29) is 30.0 Å². The number of carbonyl (C=O) groups excluding carboxylic acids is 1. The second kappa shape index (κ2) is 4.69. The first-order valence-corrected chi connectivity index (χ1v) is 6.95. The molecular weight excluding hydrogens is 246 g/mol. The molecule has 2 fully saturated rings. The lowest BCUT2D eigenvalue weighted by Gasteiger charge is -2.42.